The second-order valence-corrected chi connectivity index (χ2v) is 8.82. The van der Waals surface area contributed by atoms with Gasteiger partial charge in [-0.1, -0.05) is 60.7 Å². The van der Waals surface area contributed by atoms with Crippen molar-refractivity contribution in [2.24, 2.45) is 5.92 Å². The van der Waals surface area contributed by atoms with E-state index in [1.54, 1.807) is 6.92 Å². The van der Waals surface area contributed by atoms with E-state index in [0.717, 1.165) is 18.5 Å². The Hall–Kier alpha value is -2.13. The summed E-state index contributed by atoms with van der Waals surface area (Å²) in [6.07, 6.45) is 6.31. The minimum absolute atomic E-state index is 0.0414. The molecule has 28 heavy (non-hydrogen) atoms. The van der Waals surface area contributed by atoms with Gasteiger partial charge in [0.2, 0.25) is 5.91 Å². The van der Waals surface area contributed by atoms with Crippen LogP contribution in [0.25, 0.3) is 0 Å². The highest BCUT2D eigenvalue weighted by Crippen LogP contribution is 2.45. The smallest absolute Gasteiger partial charge is 0.216 e. The maximum Gasteiger partial charge on any atom is 0.216 e. The minimum atomic E-state index is -0.186. The number of benzene rings is 2. The predicted molar refractivity (Wildman–Crippen MR) is 114 cm³/mol. The summed E-state index contributed by atoms with van der Waals surface area (Å²) in [4.78, 5) is 14.5. The molecule has 0 aromatic heterocycles. The lowest BCUT2D eigenvalue weighted by Crippen LogP contribution is -2.46. The highest BCUT2D eigenvalue weighted by Gasteiger charge is 2.43. The van der Waals surface area contributed by atoms with E-state index in [1.165, 1.54) is 36.8 Å². The van der Waals surface area contributed by atoms with Crippen LogP contribution in [0.3, 0.4) is 0 Å². The molecule has 2 saturated heterocycles. The van der Waals surface area contributed by atoms with E-state index in [-0.39, 0.29) is 11.3 Å². The van der Waals surface area contributed by atoms with Gasteiger partial charge in [-0.15, -0.1) is 0 Å². The van der Waals surface area contributed by atoms with Crippen LogP contribution in [0.4, 0.5) is 0 Å². The lowest BCUT2D eigenvalue weighted by atomic mass is 9.67. The Morgan fingerprint density at radius 1 is 0.964 bits per heavy atom. The first kappa shape index (κ1) is 19.2. The van der Waals surface area contributed by atoms with Gasteiger partial charge in [-0.3, -0.25) is 4.79 Å². The average Bonchev–Trinajstić information content (AvgIpc) is 2.93. The quantitative estimate of drug-likeness (QED) is 0.812. The van der Waals surface area contributed by atoms with Gasteiger partial charge in [0, 0.05) is 31.0 Å². The molecule has 2 atom stereocenters. The fourth-order valence-corrected chi connectivity index (χ4v) is 5.65. The van der Waals surface area contributed by atoms with Crippen molar-refractivity contribution in [1.29, 1.82) is 0 Å². The molecule has 2 heterocycles. The van der Waals surface area contributed by atoms with Crippen molar-refractivity contribution in [1.82, 2.24) is 10.2 Å². The molecule has 2 fully saturated rings. The van der Waals surface area contributed by atoms with Gasteiger partial charge in [-0.2, -0.15) is 0 Å². The first-order valence-corrected chi connectivity index (χ1v) is 10.7. The van der Waals surface area contributed by atoms with Crippen LogP contribution < -0.4 is 5.32 Å². The summed E-state index contributed by atoms with van der Waals surface area (Å²) < 4.78 is 0. The maximum absolute atomic E-state index is 11.9. The summed E-state index contributed by atoms with van der Waals surface area (Å²) in [5.74, 6) is 0.725. The largest absolute Gasteiger partial charge is 0.355 e. The second kappa shape index (κ2) is 8.08. The summed E-state index contributed by atoms with van der Waals surface area (Å²) in [7, 11) is 2.30. The van der Waals surface area contributed by atoms with E-state index in [4.69, 9.17) is 0 Å². The molecule has 2 aliphatic rings. The second-order valence-electron chi connectivity index (χ2n) is 8.82. The van der Waals surface area contributed by atoms with Crippen LogP contribution in [0.1, 0.15) is 50.2 Å². The fourth-order valence-electron chi connectivity index (χ4n) is 5.65. The van der Waals surface area contributed by atoms with Crippen LogP contribution in [0.5, 0.6) is 0 Å². The van der Waals surface area contributed by atoms with Crippen LogP contribution in [-0.4, -0.2) is 36.5 Å². The highest BCUT2D eigenvalue weighted by molar-refractivity contribution is 5.73. The SMILES string of the molecule is CC(=O)NCC(CC1CC2CCC(C1)N2C)(c1ccccc1)c1ccccc1. The summed E-state index contributed by atoms with van der Waals surface area (Å²) in [6.45, 7) is 2.27. The van der Waals surface area contributed by atoms with Gasteiger partial charge >= 0.3 is 0 Å². The Morgan fingerprint density at radius 3 is 1.93 bits per heavy atom. The van der Waals surface area contributed by atoms with Crippen LogP contribution in [0, 0.1) is 5.92 Å². The summed E-state index contributed by atoms with van der Waals surface area (Å²) in [5, 5.41) is 3.17. The van der Waals surface area contributed by atoms with Crippen molar-refractivity contribution in [2.45, 2.75) is 56.5 Å². The van der Waals surface area contributed by atoms with Crippen molar-refractivity contribution in [3.8, 4) is 0 Å². The lowest BCUT2D eigenvalue weighted by molar-refractivity contribution is -0.119. The topological polar surface area (TPSA) is 32.3 Å². The molecule has 2 aliphatic heterocycles. The molecule has 3 nitrogen and oxygen atoms in total. The van der Waals surface area contributed by atoms with Gasteiger partial charge in [0.1, 0.15) is 0 Å². The van der Waals surface area contributed by atoms with E-state index in [2.05, 4.69) is 77.9 Å². The predicted octanol–water partition coefficient (Wildman–Crippen LogP) is 4.37. The number of carbonyl (C=O) groups is 1. The average molecular weight is 377 g/mol. The molecule has 0 saturated carbocycles. The van der Waals surface area contributed by atoms with Gasteiger partial charge < -0.3 is 10.2 Å². The Labute approximate surface area is 169 Å². The standard InChI is InChI=1S/C25H32N2O/c1-19(28)26-18-25(21-9-5-3-6-10-21,22-11-7-4-8-12-22)17-20-15-23-13-14-24(16-20)27(23)2/h3-12,20,23-24H,13-18H2,1-2H3,(H,26,28). The Balaban J connectivity index is 1.72. The number of piperidine rings is 1. The zero-order valence-corrected chi connectivity index (χ0v) is 17.1. The number of carbonyl (C=O) groups excluding carboxylic acids is 1. The number of nitrogens with zero attached hydrogens (tertiary/aromatic N) is 1. The minimum Gasteiger partial charge on any atom is -0.355 e. The van der Waals surface area contributed by atoms with Crippen molar-refractivity contribution >= 4 is 5.91 Å². The van der Waals surface area contributed by atoms with Gasteiger partial charge in [0.05, 0.1) is 0 Å². The van der Waals surface area contributed by atoms with Crippen molar-refractivity contribution in [3.63, 3.8) is 0 Å². The fraction of sp³-hybridized carbons (Fsp3) is 0.480. The number of amides is 1. The van der Waals surface area contributed by atoms with E-state index < -0.39 is 0 Å². The van der Waals surface area contributed by atoms with E-state index in [0.29, 0.717) is 12.5 Å². The van der Waals surface area contributed by atoms with E-state index in [1.807, 2.05) is 0 Å². The van der Waals surface area contributed by atoms with Gasteiger partial charge in [-0.25, -0.2) is 0 Å². The Morgan fingerprint density at radius 2 is 1.46 bits per heavy atom. The summed E-state index contributed by atoms with van der Waals surface area (Å²) >= 11 is 0. The lowest BCUT2D eigenvalue weighted by Gasteiger charge is -2.43. The molecule has 3 heteroatoms. The molecule has 148 valence electrons. The van der Waals surface area contributed by atoms with Crippen molar-refractivity contribution < 1.29 is 4.79 Å². The van der Waals surface area contributed by atoms with Crippen LogP contribution >= 0.6 is 0 Å². The maximum atomic E-state index is 11.9. The number of rotatable bonds is 6. The van der Waals surface area contributed by atoms with Crippen molar-refractivity contribution in [2.75, 3.05) is 13.6 Å². The molecule has 2 unspecified atom stereocenters. The van der Waals surface area contributed by atoms with Gasteiger partial charge in [0.15, 0.2) is 0 Å². The highest BCUT2D eigenvalue weighted by atomic mass is 16.1. The van der Waals surface area contributed by atoms with Crippen LogP contribution in [-0.2, 0) is 10.2 Å². The molecule has 4 rings (SSSR count). The number of fused-ring (bicyclic) bond motifs is 2. The third-order valence-corrected chi connectivity index (χ3v) is 7.12. The first-order chi connectivity index (χ1) is 13.6. The van der Waals surface area contributed by atoms with Crippen LogP contribution in [0.2, 0.25) is 0 Å². The molecule has 0 spiro atoms. The molecule has 1 amide bonds. The normalized spacial score (nSPS) is 24.9. The van der Waals surface area contributed by atoms with Crippen molar-refractivity contribution in [3.05, 3.63) is 71.8 Å². The number of nitrogens with one attached hydrogen (secondary N) is 1. The third kappa shape index (κ3) is 3.73. The molecule has 2 aromatic rings. The Kier molecular flexibility index (Phi) is 5.54. The van der Waals surface area contributed by atoms with E-state index >= 15 is 0 Å². The first-order valence-electron chi connectivity index (χ1n) is 10.7. The van der Waals surface area contributed by atoms with Gasteiger partial charge in [0.25, 0.3) is 0 Å². The number of hydrogen-bond acceptors (Lipinski definition) is 2. The van der Waals surface area contributed by atoms with Gasteiger partial charge in [-0.05, 0) is 56.2 Å². The molecule has 0 aliphatic carbocycles. The van der Waals surface area contributed by atoms with E-state index in [9.17, 15) is 4.79 Å². The molecular formula is C25H32N2O. The molecule has 2 aromatic carbocycles. The molecular weight excluding hydrogens is 344 g/mol. The summed E-state index contributed by atoms with van der Waals surface area (Å²) in [6, 6.07) is 23.0. The molecule has 1 N–H and O–H groups in total. The monoisotopic (exact) mass is 376 g/mol. The molecule has 2 bridgehead atoms. The zero-order valence-electron chi connectivity index (χ0n) is 17.1. The molecule has 0 radical (unpaired) electrons. The van der Waals surface area contributed by atoms with Crippen LogP contribution in [0.15, 0.2) is 60.7 Å². The summed E-state index contributed by atoms with van der Waals surface area (Å²) in [5.41, 5.74) is 2.43. The third-order valence-electron chi connectivity index (χ3n) is 7.12. The Bertz CT molecular complexity index is 735. The zero-order chi connectivity index (χ0) is 19.6. The number of hydrogen-bond donors (Lipinski definition) is 1.